The second kappa shape index (κ2) is 50.3. The highest BCUT2D eigenvalue weighted by molar-refractivity contribution is 5.77. The molecule has 0 heterocycles. The normalized spacial score (nSPS) is 13.8. The fourth-order valence-electron chi connectivity index (χ4n) is 7.69. The summed E-state index contributed by atoms with van der Waals surface area (Å²) in [6, 6.07) is -0.736. The minimum absolute atomic E-state index is 0.00669. The summed E-state index contributed by atoms with van der Waals surface area (Å²) in [5.74, 6) is -0.594. The molecule has 0 aliphatic carbocycles. The number of aliphatic hydroxyl groups is 2. The Labute approximate surface area is 390 Å². The maximum absolute atomic E-state index is 13.2. The molecule has 6 nitrogen and oxygen atoms in total. The van der Waals surface area contributed by atoms with E-state index in [9.17, 15) is 19.8 Å². The van der Waals surface area contributed by atoms with E-state index in [1.165, 1.54) is 128 Å². The first-order chi connectivity index (χ1) is 31.0. The molecule has 364 valence electrons. The van der Waals surface area contributed by atoms with Gasteiger partial charge in [-0.3, -0.25) is 9.59 Å². The van der Waals surface area contributed by atoms with Gasteiger partial charge >= 0.3 is 5.97 Å². The fourth-order valence-corrected chi connectivity index (χ4v) is 7.69. The lowest BCUT2D eigenvalue weighted by atomic mass is 10.0. The van der Waals surface area contributed by atoms with Crippen molar-refractivity contribution in [2.24, 2.45) is 0 Å². The van der Waals surface area contributed by atoms with Crippen molar-refractivity contribution in [3.8, 4) is 0 Å². The summed E-state index contributed by atoms with van der Waals surface area (Å²) in [5.41, 5.74) is 0. The molecule has 3 atom stereocenters. The van der Waals surface area contributed by atoms with Crippen LogP contribution in [0.1, 0.15) is 252 Å². The number of aliphatic hydroxyl groups excluding tert-OH is 2. The molecule has 0 rings (SSSR count). The maximum atomic E-state index is 13.2. The van der Waals surface area contributed by atoms with Gasteiger partial charge in [0.15, 0.2) is 0 Å². The number of nitrogens with one attached hydrogen (secondary N) is 1. The van der Waals surface area contributed by atoms with Crippen LogP contribution in [-0.2, 0) is 14.3 Å². The number of carbonyl (C=O) groups is 2. The number of allylic oxidation sites excluding steroid dienone is 11. The number of esters is 1. The predicted molar refractivity (Wildman–Crippen MR) is 273 cm³/mol. The highest BCUT2D eigenvalue weighted by Gasteiger charge is 2.23. The van der Waals surface area contributed by atoms with Crippen LogP contribution in [-0.4, -0.2) is 46.9 Å². The Morgan fingerprint density at radius 2 is 0.889 bits per heavy atom. The van der Waals surface area contributed by atoms with Gasteiger partial charge in [0.05, 0.1) is 25.2 Å². The minimum Gasteiger partial charge on any atom is -0.461 e. The average molecular weight is 880 g/mol. The smallest absolute Gasteiger partial charge is 0.306 e. The summed E-state index contributed by atoms with van der Waals surface area (Å²) < 4.78 is 5.87. The molecule has 0 aliphatic heterocycles. The molecule has 0 fully saturated rings. The molecule has 0 radical (unpaired) electrons. The summed E-state index contributed by atoms with van der Waals surface area (Å²) in [7, 11) is 0. The van der Waals surface area contributed by atoms with Crippen LogP contribution in [0.3, 0.4) is 0 Å². The monoisotopic (exact) mass is 880 g/mol. The van der Waals surface area contributed by atoms with E-state index in [0.29, 0.717) is 19.3 Å². The van der Waals surface area contributed by atoms with E-state index in [-0.39, 0.29) is 24.9 Å². The molecule has 1 amide bonds. The van der Waals surface area contributed by atoms with Gasteiger partial charge in [-0.2, -0.15) is 0 Å². The third-order valence-electron chi connectivity index (χ3n) is 11.8. The van der Waals surface area contributed by atoms with Gasteiger partial charge in [-0.05, 0) is 70.6 Å². The molecule has 3 unspecified atom stereocenters. The minimum atomic E-state index is -0.815. The van der Waals surface area contributed by atoms with Crippen LogP contribution in [0.15, 0.2) is 72.9 Å². The van der Waals surface area contributed by atoms with Gasteiger partial charge in [-0.25, -0.2) is 0 Å². The van der Waals surface area contributed by atoms with Crippen molar-refractivity contribution >= 4 is 11.9 Å². The maximum Gasteiger partial charge on any atom is 0.306 e. The van der Waals surface area contributed by atoms with Gasteiger partial charge in [-0.15, -0.1) is 0 Å². The SMILES string of the molecule is CCCCC/C=C\C/C=C\C/C=C\C/C=C\CC(CC(=O)NC(CO)C(O)CCCCCCCCCCCCC)OC(=O)CCCCCCC/C=C/C=C/CCCCCCCCC. The van der Waals surface area contributed by atoms with Gasteiger partial charge < -0.3 is 20.3 Å². The van der Waals surface area contributed by atoms with Crippen LogP contribution in [0, 0.1) is 0 Å². The van der Waals surface area contributed by atoms with E-state index in [1.807, 2.05) is 6.08 Å². The van der Waals surface area contributed by atoms with Gasteiger partial charge in [0.1, 0.15) is 6.10 Å². The predicted octanol–water partition coefficient (Wildman–Crippen LogP) is 16.2. The summed E-state index contributed by atoms with van der Waals surface area (Å²) >= 11 is 0. The first-order valence-electron chi connectivity index (χ1n) is 26.7. The van der Waals surface area contributed by atoms with E-state index in [1.54, 1.807) is 0 Å². The third kappa shape index (κ3) is 45.7. The Bertz CT molecular complexity index is 1170. The van der Waals surface area contributed by atoms with Gasteiger partial charge in [0.2, 0.25) is 5.91 Å². The molecule has 0 spiro atoms. The van der Waals surface area contributed by atoms with Crippen molar-refractivity contribution in [1.82, 2.24) is 5.32 Å². The van der Waals surface area contributed by atoms with E-state index in [0.717, 1.165) is 77.0 Å². The Kier molecular flexibility index (Phi) is 48.1. The lowest BCUT2D eigenvalue weighted by Gasteiger charge is -2.24. The summed E-state index contributed by atoms with van der Waals surface area (Å²) in [6.45, 7) is 6.41. The molecule has 0 saturated carbocycles. The molecular weight excluding hydrogens is 779 g/mol. The lowest BCUT2D eigenvalue weighted by Crippen LogP contribution is -2.46. The van der Waals surface area contributed by atoms with E-state index < -0.39 is 18.2 Å². The molecule has 0 aliphatic rings. The van der Waals surface area contributed by atoms with Crippen LogP contribution in [0.4, 0.5) is 0 Å². The number of hydrogen-bond donors (Lipinski definition) is 3. The Morgan fingerprint density at radius 1 is 0.492 bits per heavy atom. The molecule has 0 aromatic carbocycles. The molecule has 63 heavy (non-hydrogen) atoms. The first-order valence-corrected chi connectivity index (χ1v) is 26.7. The van der Waals surface area contributed by atoms with E-state index >= 15 is 0 Å². The number of unbranched alkanes of at least 4 members (excludes halogenated alkanes) is 25. The zero-order chi connectivity index (χ0) is 45.9. The van der Waals surface area contributed by atoms with Crippen LogP contribution >= 0.6 is 0 Å². The standard InChI is InChI=1S/C57H101NO5/c1-4-7-10-13-16-19-22-24-26-27-28-30-32-35-38-41-44-47-50-57(62)63-53(48-45-42-39-36-34-31-29-25-23-20-17-14-11-8-5-2)51-56(61)58-54(52-59)55(60)49-46-43-40-37-33-21-18-15-12-9-6-3/h17,20,25-30,34,36,42,45,53-55,59-60H,4-16,18-19,21-24,31-33,35,37-41,43-44,46-52H2,1-3H3,(H,58,61)/b20-17-,27-26+,29-25-,30-28+,36-34-,45-42-. The van der Waals surface area contributed by atoms with Crippen molar-refractivity contribution in [2.75, 3.05) is 6.61 Å². The molecule has 0 aromatic rings. The van der Waals surface area contributed by atoms with Crippen LogP contribution in [0.2, 0.25) is 0 Å². The van der Waals surface area contributed by atoms with Crippen molar-refractivity contribution < 1.29 is 24.5 Å². The number of ether oxygens (including phenoxy) is 1. The van der Waals surface area contributed by atoms with Gasteiger partial charge in [0, 0.05) is 12.8 Å². The quantitative estimate of drug-likeness (QED) is 0.0245. The molecule has 0 saturated heterocycles. The van der Waals surface area contributed by atoms with Gasteiger partial charge in [-0.1, -0.05) is 235 Å². The number of carbonyl (C=O) groups excluding carboxylic acids is 2. The van der Waals surface area contributed by atoms with Crippen molar-refractivity contribution in [3.63, 3.8) is 0 Å². The van der Waals surface area contributed by atoms with Crippen LogP contribution < -0.4 is 5.32 Å². The van der Waals surface area contributed by atoms with E-state index in [2.05, 4.69) is 92.9 Å². The molecule has 6 heteroatoms. The number of amides is 1. The van der Waals surface area contributed by atoms with Crippen LogP contribution in [0.25, 0.3) is 0 Å². The van der Waals surface area contributed by atoms with E-state index in [4.69, 9.17) is 4.74 Å². The Morgan fingerprint density at radius 3 is 1.40 bits per heavy atom. The summed E-state index contributed by atoms with van der Waals surface area (Å²) in [4.78, 5) is 26.1. The second-order valence-corrected chi connectivity index (χ2v) is 18.0. The van der Waals surface area contributed by atoms with Crippen LogP contribution in [0.5, 0.6) is 0 Å². The Hall–Kier alpha value is -2.70. The second-order valence-electron chi connectivity index (χ2n) is 18.0. The first kappa shape index (κ1) is 60.3. The number of hydrogen-bond acceptors (Lipinski definition) is 5. The highest BCUT2D eigenvalue weighted by atomic mass is 16.5. The molecule has 0 aromatic heterocycles. The average Bonchev–Trinajstić information content (AvgIpc) is 3.28. The Balaban J connectivity index is 4.72. The topological polar surface area (TPSA) is 95.9 Å². The van der Waals surface area contributed by atoms with Crippen molar-refractivity contribution in [2.45, 2.75) is 270 Å². The molecule has 3 N–H and O–H groups in total. The summed E-state index contributed by atoms with van der Waals surface area (Å²) in [5, 5.41) is 23.7. The third-order valence-corrected chi connectivity index (χ3v) is 11.8. The lowest BCUT2D eigenvalue weighted by molar-refractivity contribution is -0.150. The number of rotatable bonds is 47. The van der Waals surface area contributed by atoms with Crippen molar-refractivity contribution in [1.29, 1.82) is 0 Å². The largest absolute Gasteiger partial charge is 0.461 e. The zero-order valence-electron chi connectivity index (χ0n) is 41.4. The van der Waals surface area contributed by atoms with Crippen molar-refractivity contribution in [3.05, 3.63) is 72.9 Å². The molecule has 0 bridgehead atoms. The zero-order valence-corrected chi connectivity index (χ0v) is 41.4. The highest BCUT2D eigenvalue weighted by Crippen LogP contribution is 2.16. The molecular formula is C57H101NO5. The van der Waals surface area contributed by atoms with Gasteiger partial charge in [0.25, 0.3) is 0 Å². The summed E-state index contributed by atoms with van der Waals surface area (Å²) in [6.07, 6.45) is 64.1. The fraction of sp³-hybridized carbons (Fsp3) is 0.754.